The second-order valence-corrected chi connectivity index (χ2v) is 4.33. The maximum atomic E-state index is 11.1. The van der Waals surface area contributed by atoms with E-state index in [4.69, 9.17) is 10.8 Å². The number of carboxylic acids is 1. The van der Waals surface area contributed by atoms with Crippen molar-refractivity contribution in [1.29, 1.82) is 0 Å². The number of nitrogen functional groups attached to an aromatic ring is 1. The van der Waals surface area contributed by atoms with Crippen LogP contribution in [-0.2, 0) is 6.54 Å². The van der Waals surface area contributed by atoms with Crippen molar-refractivity contribution in [1.82, 2.24) is 4.90 Å². The number of rotatable bonds is 4. The molecule has 1 saturated carbocycles. The lowest BCUT2D eigenvalue weighted by molar-refractivity contribution is 0.0696. The summed E-state index contributed by atoms with van der Waals surface area (Å²) < 4.78 is 0. The van der Waals surface area contributed by atoms with Gasteiger partial charge < -0.3 is 10.8 Å². The van der Waals surface area contributed by atoms with Crippen LogP contribution >= 0.6 is 0 Å². The Hall–Kier alpha value is -1.55. The van der Waals surface area contributed by atoms with Gasteiger partial charge in [-0.3, -0.25) is 4.90 Å². The minimum Gasteiger partial charge on any atom is -0.478 e. The van der Waals surface area contributed by atoms with Crippen LogP contribution in [0.2, 0.25) is 0 Å². The molecule has 1 aliphatic rings. The van der Waals surface area contributed by atoms with Gasteiger partial charge in [0.1, 0.15) is 0 Å². The fourth-order valence-corrected chi connectivity index (χ4v) is 1.93. The maximum absolute atomic E-state index is 11.1. The molecule has 0 atom stereocenters. The Labute approximate surface area is 94.7 Å². The zero-order valence-electron chi connectivity index (χ0n) is 9.31. The Kier molecular flexibility index (Phi) is 2.83. The predicted octanol–water partition coefficient (Wildman–Crippen LogP) is 1.56. The lowest BCUT2D eigenvalue weighted by Crippen LogP contribution is -2.22. The number of nitrogens with zero attached hydrogens (tertiary/aromatic N) is 1. The van der Waals surface area contributed by atoms with Crippen LogP contribution in [0.1, 0.15) is 28.8 Å². The van der Waals surface area contributed by atoms with Gasteiger partial charge in [-0.05, 0) is 31.5 Å². The van der Waals surface area contributed by atoms with Crippen molar-refractivity contribution in [3.63, 3.8) is 0 Å². The molecule has 86 valence electrons. The minimum absolute atomic E-state index is 0.245. The van der Waals surface area contributed by atoms with Crippen LogP contribution in [0, 0.1) is 0 Å². The first-order valence-corrected chi connectivity index (χ1v) is 5.40. The van der Waals surface area contributed by atoms with Crippen molar-refractivity contribution in [2.75, 3.05) is 12.8 Å². The summed E-state index contributed by atoms with van der Waals surface area (Å²) in [6, 6.07) is 5.88. The molecule has 1 fully saturated rings. The molecular formula is C12H16N2O2. The fraction of sp³-hybridized carbons (Fsp3) is 0.417. The average Bonchev–Trinajstić information content (AvgIpc) is 2.99. The van der Waals surface area contributed by atoms with E-state index in [0.717, 1.165) is 5.56 Å². The molecular weight excluding hydrogens is 204 g/mol. The Morgan fingerprint density at radius 3 is 2.81 bits per heavy atom. The van der Waals surface area contributed by atoms with E-state index in [1.54, 1.807) is 12.1 Å². The Bertz CT molecular complexity index is 413. The molecule has 1 aliphatic carbocycles. The summed E-state index contributed by atoms with van der Waals surface area (Å²) in [7, 11) is 2.02. The minimum atomic E-state index is -0.947. The molecule has 1 aromatic rings. The molecule has 0 radical (unpaired) electrons. The second-order valence-electron chi connectivity index (χ2n) is 4.33. The molecule has 2 rings (SSSR count). The van der Waals surface area contributed by atoms with Crippen molar-refractivity contribution in [2.24, 2.45) is 0 Å². The van der Waals surface area contributed by atoms with Gasteiger partial charge >= 0.3 is 5.97 Å². The zero-order valence-corrected chi connectivity index (χ0v) is 9.31. The SMILES string of the molecule is CN(Cc1cccc(N)c1C(=O)O)C1CC1. The fourth-order valence-electron chi connectivity index (χ4n) is 1.93. The summed E-state index contributed by atoms with van der Waals surface area (Å²) in [5, 5.41) is 9.12. The van der Waals surface area contributed by atoms with Gasteiger partial charge in [-0.15, -0.1) is 0 Å². The highest BCUT2D eigenvalue weighted by atomic mass is 16.4. The molecule has 3 N–H and O–H groups in total. The molecule has 4 heteroatoms. The maximum Gasteiger partial charge on any atom is 0.338 e. The summed E-state index contributed by atoms with van der Waals surface area (Å²) in [5.74, 6) is -0.947. The van der Waals surface area contributed by atoms with Crippen LogP contribution in [0.4, 0.5) is 5.69 Å². The Morgan fingerprint density at radius 2 is 2.25 bits per heavy atom. The van der Waals surface area contributed by atoms with Crippen molar-refractivity contribution < 1.29 is 9.90 Å². The van der Waals surface area contributed by atoms with E-state index in [2.05, 4.69) is 4.90 Å². The summed E-state index contributed by atoms with van der Waals surface area (Å²) in [5.41, 5.74) is 7.07. The van der Waals surface area contributed by atoms with Gasteiger partial charge in [0.2, 0.25) is 0 Å². The standard InChI is InChI=1S/C12H16N2O2/c1-14(9-5-6-9)7-8-3-2-4-10(13)11(8)12(15)16/h2-4,9H,5-7,13H2,1H3,(H,15,16). The monoisotopic (exact) mass is 220 g/mol. The number of hydrogen-bond donors (Lipinski definition) is 2. The number of carboxylic acid groups (broad SMARTS) is 1. The van der Waals surface area contributed by atoms with Gasteiger partial charge in [-0.2, -0.15) is 0 Å². The van der Waals surface area contributed by atoms with Gasteiger partial charge in [0.25, 0.3) is 0 Å². The van der Waals surface area contributed by atoms with Crippen LogP contribution < -0.4 is 5.73 Å². The molecule has 0 bridgehead atoms. The summed E-state index contributed by atoms with van der Waals surface area (Å²) in [4.78, 5) is 13.3. The Morgan fingerprint density at radius 1 is 1.56 bits per heavy atom. The lowest BCUT2D eigenvalue weighted by Gasteiger charge is -2.17. The number of aromatic carboxylic acids is 1. The number of carbonyl (C=O) groups is 1. The number of anilines is 1. The smallest absolute Gasteiger partial charge is 0.338 e. The van der Waals surface area contributed by atoms with Crippen LogP contribution in [-0.4, -0.2) is 29.1 Å². The van der Waals surface area contributed by atoms with Crippen LogP contribution in [0.5, 0.6) is 0 Å². The summed E-state index contributed by atoms with van der Waals surface area (Å²) in [6.45, 7) is 0.650. The number of nitrogens with two attached hydrogens (primary N) is 1. The molecule has 1 aromatic carbocycles. The predicted molar refractivity (Wildman–Crippen MR) is 62.3 cm³/mol. The molecule has 0 unspecified atom stereocenters. The number of benzene rings is 1. The highest BCUT2D eigenvalue weighted by Crippen LogP contribution is 2.28. The normalized spacial score (nSPS) is 15.4. The van der Waals surface area contributed by atoms with Crippen LogP contribution in [0.3, 0.4) is 0 Å². The lowest BCUT2D eigenvalue weighted by atomic mass is 10.1. The van der Waals surface area contributed by atoms with E-state index in [0.29, 0.717) is 18.3 Å². The largest absolute Gasteiger partial charge is 0.478 e. The highest BCUT2D eigenvalue weighted by Gasteiger charge is 2.27. The summed E-state index contributed by atoms with van der Waals surface area (Å²) >= 11 is 0. The van der Waals surface area contributed by atoms with E-state index >= 15 is 0 Å². The third-order valence-corrected chi connectivity index (χ3v) is 2.99. The first kappa shape index (κ1) is 11.0. The number of hydrogen-bond acceptors (Lipinski definition) is 3. The first-order valence-electron chi connectivity index (χ1n) is 5.40. The van der Waals surface area contributed by atoms with Crippen molar-refractivity contribution in [3.05, 3.63) is 29.3 Å². The zero-order chi connectivity index (χ0) is 11.7. The molecule has 4 nitrogen and oxygen atoms in total. The Balaban J connectivity index is 2.24. The van der Waals surface area contributed by atoms with Crippen molar-refractivity contribution in [2.45, 2.75) is 25.4 Å². The van der Waals surface area contributed by atoms with E-state index < -0.39 is 5.97 Å². The van der Waals surface area contributed by atoms with Crippen molar-refractivity contribution in [3.8, 4) is 0 Å². The molecule has 0 aliphatic heterocycles. The van der Waals surface area contributed by atoms with Gasteiger partial charge in [-0.25, -0.2) is 4.79 Å². The molecule has 0 spiro atoms. The topological polar surface area (TPSA) is 66.6 Å². The van der Waals surface area contributed by atoms with E-state index in [1.165, 1.54) is 12.8 Å². The molecule has 16 heavy (non-hydrogen) atoms. The molecule has 0 saturated heterocycles. The van der Waals surface area contributed by atoms with Gasteiger partial charge in [0, 0.05) is 18.3 Å². The van der Waals surface area contributed by atoms with E-state index in [-0.39, 0.29) is 5.56 Å². The molecule has 0 aromatic heterocycles. The van der Waals surface area contributed by atoms with Crippen LogP contribution in [0.15, 0.2) is 18.2 Å². The van der Waals surface area contributed by atoms with Crippen molar-refractivity contribution >= 4 is 11.7 Å². The van der Waals surface area contributed by atoms with Crippen LogP contribution in [0.25, 0.3) is 0 Å². The van der Waals surface area contributed by atoms with Gasteiger partial charge in [0.05, 0.1) is 5.56 Å². The summed E-state index contributed by atoms with van der Waals surface area (Å²) in [6.07, 6.45) is 2.42. The third kappa shape index (κ3) is 2.17. The molecule has 0 heterocycles. The average molecular weight is 220 g/mol. The van der Waals surface area contributed by atoms with E-state index in [9.17, 15) is 4.79 Å². The van der Waals surface area contributed by atoms with E-state index in [1.807, 2.05) is 13.1 Å². The quantitative estimate of drug-likeness (QED) is 0.756. The third-order valence-electron chi connectivity index (χ3n) is 2.99. The second kappa shape index (κ2) is 4.14. The van der Waals surface area contributed by atoms with Gasteiger partial charge in [0.15, 0.2) is 0 Å². The van der Waals surface area contributed by atoms with Gasteiger partial charge in [-0.1, -0.05) is 12.1 Å². The molecule has 0 amide bonds. The first-order chi connectivity index (χ1) is 7.59. The highest BCUT2D eigenvalue weighted by molar-refractivity contribution is 5.95.